The summed E-state index contributed by atoms with van der Waals surface area (Å²) >= 11 is 1.63. The van der Waals surface area contributed by atoms with Crippen LogP contribution in [-0.2, 0) is 4.74 Å². The number of hydrogen-bond donors (Lipinski definition) is 1. The molecule has 0 unspecified atom stereocenters. The third-order valence-electron chi connectivity index (χ3n) is 1.96. The molecule has 1 aliphatic rings. The zero-order valence-electron chi connectivity index (χ0n) is 7.32. The lowest BCUT2D eigenvalue weighted by Crippen LogP contribution is -2.11. The molecule has 0 amide bonds. The van der Waals surface area contributed by atoms with Crippen molar-refractivity contribution in [3.63, 3.8) is 0 Å². The summed E-state index contributed by atoms with van der Waals surface area (Å²) in [4.78, 5) is 4.15. The molecule has 0 spiro atoms. The van der Waals surface area contributed by atoms with Crippen molar-refractivity contribution in [1.29, 1.82) is 0 Å². The summed E-state index contributed by atoms with van der Waals surface area (Å²) in [6, 6.07) is 0. The third kappa shape index (κ3) is 2.54. The second kappa shape index (κ2) is 4.39. The maximum Gasteiger partial charge on any atom is 0.182 e. The average Bonchev–Trinajstić information content (AvgIpc) is 2.69. The minimum absolute atomic E-state index is 0.759. The van der Waals surface area contributed by atoms with Gasteiger partial charge in [-0.25, -0.2) is 4.98 Å². The number of nitrogens with one attached hydrogen (secondary N) is 1. The van der Waals surface area contributed by atoms with E-state index in [1.165, 1.54) is 5.57 Å². The predicted octanol–water partition coefficient (Wildman–Crippen LogP) is 1.90. The van der Waals surface area contributed by atoms with E-state index in [2.05, 4.69) is 16.4 Å². The highest BCUT2D eigenvalue weighted by Gasteiger charge is 2.03. The molecule has 2 rings (SSSR count). The molecule has 0 aromatic carbocycles. The predicted molar refractivity (Wildman–Crippen MR) is 54.1 cm³/mol. The van der Waals surface area contributed by atoms with Gasteiger partial charge in [0.25, 0.3) is 0 Å². The van der Waals surface area contributed by atoms with Crippen LogP contribution in [-0.4, -0.2) is 24.7 Å². The molecule has 2 heterocycles. The van der Waals surface area contributed by atoms with E-state index in [1.54, 1.807) is 11.3 Å². The van der Waals surface area contributed by atoms with Crippen LogP contribution >= 0.6 is 11.3 Å². The molecule has 1 aromatic heterocycles. The molecule has 0 fully saturated rings. The van der Waals surface area contributed by atoms with E-state index >= 15 is 0 Å². The molecule has 3 nitrogen and oxygen atoms in total. The van der Waals surface area contributed by atoms with Crippen molar-refractivity contribution in [2.24, 2.45) is 0 Å². The normalized spacial score (nSPS) is 16.8. The number of nitrogens with zero attached hydrogens (tertiary/aromatic N) is 1. The van der Waals surface area contributed by atoms with Gasteiger partial charge in [0.2, 0.25) is 0 Å². The van der Waals surface area contributed by atoms with Crippen LogP contribution in [0.25, 0.3) is 0 Å². The number of anilines is 1. The molecular weight excluding hydrogens is 184 g/mol. The SMILES string of the molecule is C1=C(CNc2nccs2)CCOC1. The molecule has 0 aliphatic carbocycles. The van der Waals surface area contributed by atoms with Gasteiger partial charge in [-0.15, -0.1) is 11.3 Å². The quantitative estimate of drug-likeness (QED) is 0.750. The first-order valence-electron chi connectivity index (χ1n) is 4.34. The van der Waals surface area contributed by atoms with Crippen molar-refractivity contribution < 1.29 is 4.74 Å². The Morgan fingerprint density at radius 2 is 2.62 bits per heavy atom. The van der Waals surface area contributed by atoms with E-state index in [9.17, 15) is 0 Å². The molecule has 1 aromatic rings. The van der Waals surface area contributed by atoms with Gasteiger partial charge in [0.15, 0.2) is 5.13 Å². The van der Waals surface area contributed by atoms with Crippen molar-refractivity contribution in [3.8, 4) is 0 Å². The third-order valence-corrected chi connectivity index (χ3v) is 2.69. The van der Waals surface area contributed by atoms with E-state index in [1.807, 2.05) is 11.6 Å². The van der Waals surface area contributed by atoms with Crippen LogP contribution in [0.4, 0.5) is 5.13 Å². The van der Waals surface area contributed by atoms with Gasteiger partial charge in [-0.2, -0.15) is 0 Å². The Morgan fingerprint density at radius 3 is 3.31 bits per heavy atom. The molecule has 0 atom stereocenters. The fourth-order valence-corrected chi connectivity index (χ4v) is 1.75. The molecule has 13 heavy (non-hydrogen) atoms. The smallest absolute Gasteiger partial charge is 0.182 e. The van der Waals surface area contributed by atoms with Crippen LogP contribution in [0.1, 0.15) is 6.42 Å². The monoisotopic (exact) mass is 196 g/mol. The molecule has 1 aliphatic heterocycles. The van der Waals surface area contributed by atoms with E-state index in [0.29, 0.717) is 0 Å². The largest absolute Gasteiger partial charge is 0.377 e. The standard InChI is InChI=1S/C9H12N2OS/c1-4-12-5-2-8(1)7-11-9-10-3-6-13-9/h1,3,6H,2,4-5,7H2,(H,10,11). The van der Waals surface area contributed by atoms with Crippen molar-refractivity contribution in [2.45, 2.75) is 6.42 Å². The number of thiazole rings is 1. The van der Waals surface area contributed by atoms with Gasteiger partial charge < -0.3 is 10.1 Å². The number of rotatable bonds is 3. The Bertz CT molecular complexity index is 282. The minimum Gasteiger partial charge on any atom is -0.377 e. The molecule has 1 N–H and O–H groups in total. The molecular formula is C9H12N2OS. The van der Waals surface area contributed by atoms with E-state index < -0.39 is 0 Å². The van der Waals surface area contributed by atoms with E-state index in [4.69, 9.17) is 4.74 Å². The van der Waals surface area contributed by atoms with Gasteiger partial charge in [-0.3, -0.25) is 0 Å². The Kier molecular flexibility index (Phi) is 2.94. The topological polar surface area (TPSA) is 34.2 Å². The lowest BCUT2D eigenvalue weighted by Gasteiger charge is -2.13. The molecule has 4 heteroatoms. The van der Waals surface area contributed by atoms with Crippen molar-refractivity contribution in [1.82, 2.24) is 4.98 Å². The second-order valence-corrected chi connectivity index (χ2v) is 3.77. The van der Waals surface area contributed by atoms with Crippen LogP contribution < -0.4 is 5.32 Å². The Morgan fingerprint density at radius 1 is 1.62 bits per heavy atom. The first-order chi connectivity index (χ1) is 6.45. The molecule has 0 radical (unpaired) electrons. The van der Waals surface area contributed by atoms with Crippen molar-refractivity contribution >= 4 is 16.5 Å². The lowest BCUT2D eigenvalue weighted by atomic mass is 10.1. The van der Waals surface area contributed by atoms with E-state index in [-0.39, 0.29) is 0 Å². The highest BCUT2D eigenvalue weighted by atomic mass is 32.1. The molecule has 0 bridgehead atoms. The first kappa shape index (κ1) is 8.72. The summed E-state index contributed by atoms with van der Waals surface area (Å²) in [5.41, 5.74) is 1.42. The zero-order valence-corrected chi connectivity index (χ0v) is 8.14. The lowest BCUT2D eigenvalue weighted by molar-refractivity contribution is 0.154. The zero-order chi connectivity index (χ0) is 8.93. The second-order valence-electron chi connectivity index (χ2n) is 2.88. The summed E-state index contributed by atoms with van der Waals surface area (Å²) in [5.74, 6) is 0. The summed E-state index contributed by atoms with van der Waals surface area (Å²) < 4.78 is 5.22. The number of aromatic nitrogens is 1. The van der Waals surface area contributed by atoms with Crippen LogP contribution in [0.2, 0.25) is 0 Å². The summed E-state index contributed by atoms with van der Waals surface area (Å²) in [7, 11) is 0. The highest BCUT2D eigenvalue weighted by Crippen LogP contribution is 2.13. The van der Waals surface area contributed by atoms with Gasteiger partial charge >= 0.3 is 0 Å². The van der Waals surface area contributed by atoms with Crippen molar-refractivity contribution in [2.75, 3.05) is 25.1 Å². The van der Waals surface area contributed by atoms with Crippen LogP contribution in [0.15, 0.2) is 23.2 Å². The van der Waals surface area contributed by atoms with Crippen LogP contribution in [0, 0.1) is 0 Å². The fraction of sp³-hybridized carbons (Fsp3) is 0.444. The highest BCUT2D eigenvalue weighted by molar-refractivity contribution is 7.13. The van der Waals surface area contributed by atoms with Crippen molar-refractivity contribution in [3.05, 3.63) is 23.2 Å². The maximum absolute atomic E-state index is 5.22. The Labute approximate surface area is 81.4 Å². The molecule has 70 valence electrons. The number of hydrogen-bond acceptors (Lipinski definition) is 4. The van der Waals surface area contributed by atoms with Gasteiger partial charge in [0.1, 0.15) is 0 Å². The maximum atomic E-state index is 5.22. The van der Waals surface area contributed by atoms with Crippen LogP contribution in [0.3, 0.4) is 0 Å². The van der Waals surface area contributed by atoms with Gasteiger partial charge in [0.05, 0.1) is 13.2 Å². The minimum atomic E-state index is 0.759. The summed E-state index contributed by atoms with van der Waals surface area (Å²) in [6.45, 7) is 2.51. The van der Waals surface area contributed by atoms with Gasteiger partial charge in [-0.05, 0) is 6.42 Å². The van der Waals surface area contributed by atoms with Gasteiger partial charge in [-0.1, -0.05) is 11.6 Å². The summed E-state index contributed by atoms with van der Waals surface area (Å²) in [6.07, 6.45) is 4.99. The van der Waals surface area contributed by atoms with E-state index in [0.717, 1.165) is 31.3 Å². The molecule has 0 saturated carbocycles. The number of ether oxygens (including phenoxy) is 1. The average molecular weight is 196 g/mol. The van der Waals surface area contributed by atoms with Crippen LogP contribution in [0.5, 0.6) is 0 Å². The first-order valence-corrected chi connectivity index (χ1v) is 5.22. The fourth-order valence-electron chi connectivity index (χ4n) is 1.23. The molecule has 0 saturated heterocycles. The van der Waals surface area contributed by atoms with Gasteiger partial charge in [0, 0.05) is 18.1 Å². The Balaban J connectivity index is 1.82. The Hall–Kier alpha value is -0.870. The summed E-state index contributed by atoms with van der Waals surface area (Å²) in [5, 5.41) is 6.24.